The number of pyridine rings is 1. The summed E-state index contributed by atoms with van der Waals surface area (Å²) in [5.74, 6) is 0. The van der Waals surface area contributed by atoms with E-state index in [-0.39, 0.29) is 6.54 Å². The van der Waals surface area contributed by atoms with Gasteiger partial charge in [0.05, 0.1) is 4.90 Å². The number of benzene rings is 1. The van der Waals surface area contributed by atoms with Gasteiger partial charge >= 0.3 is 0 Å². The summed E-state index contributed by atoms with van der Waals surface area (Å²) in [6.07, 6.45) is 6.46. The summed E-state index contributed by atoms with van der Waals surface area (Å²) < 4.78 is 27.2. The fourth-order valence-corrected chi connectivity index (χ4v) is 3.55. The summed E-state index contributed by atoms with van der Waals surface area (Å²) in [4.78, 5) is 4.32. The summed E-state index contributed by atoms with van der Waals surface area (Å²) in [5.41, 5.74) is 3.28. The second kappa shape index (κ2) is 5.34. The van der Waals surface area contributed by atoms with Crippen molar-refractivity contribution >= 4 is 10.0 Å². The fraction of sp³-hybridized carbons (Fsp3) is 0.267. The van der Waals surface area contributed by atoms with Gasteiger partial charge < -0.3 is 0 Å². The van der Waals surface area contributed by atoms with Crippen molar-refractivity contribution in [2.75, 3.05) is 0 Å². The molecule has 2 aromatic rings. The minimum atomic E-state index is -3.46. The van der Waals surface area contributed by atoms with Crippen molar-refractivity contribution in [2.45, 2.75) is 30.7 Å². The lowest BCUT2D eigenvalue weighted by atomic mass is 10.1. The van der Waals surface area contributed by atoms with Gasteiger partial charge in [-0.2, -0.15) is 0 Å². The summed E-state index contributed by atoms with van der Waals surface area (Å²) in [6.45, 7) is 0.257. The maximum atomic E-state index is 12.3. The van der Waals surface area contributed by atoms with E-state index >= 15 is 0 Å². The highest BCUT2D eigenvalue weighted by Gasteiger charge is 2.18. The maximum absolute atomic E-state index is 12.3. The smallest absolute Gasteiger partial charge is 0.240 e. The topological polar surface area (TPSA) is 59.1 Å². The van der Waals surface area contributed by atoms with Crippen molar-refractivity contribution in [3.05, 3.63) is 59.4 Å². The Morgan fingerprint density at radius 3 is 2.80 bits per heavy atom. The lowest BCUT2D eigenvalue weighted by molar-refractivity contribution is 0.581. The zero-order chi connectivity index (χ0) is 14.0. The molecule has 3 rings (SSSR count). The molecule has 0 unspecified atom stereocenters. The standard InChI is InChI=1S/C15H16N2O2S/c18-20(19,17-11-12-3-2-8-16-10-12)15-7-6-13-4-1-5-14(13)9-15/h2-3,6-10,17H,1,4-5,11H2. The molecule has 0 atom stereocenters. The Labute approximate surface area is 118 Å². The van der Waals surface area contributed by atoms with E-state index in [1.54, 1.807) is 30.6 Å². The van der Waals surface area contributed by atoms with Crippen molar-refractivity contribution in [1.29, 1.82) is 0 Å². The number of hydrogen-bond donors (Lipinski definition) is 1. The van der Waals surface area contributed by atoms with Gasteiger partial charge in [-0.25, -0.2) is 13.1 Å². The fourth-order valence-electron chi connectivity index (χ4n) is 2.48. The van der Waals surface area contributed by atoms with Gasteiger partial charge in [-0.05, 0) is 54.2 Å². The van der Waals surface area contributed by atoms with Crippen LogP contribution in [0, 0.1) is 0 Å². The molecule has 0 amide bonds. The Morgan fingerprint density at radius 1 is 1.15 bits per heavy atom. The first-order valence-corrected chi connectivity index (χ1v) is 8.14. The molecule has 1 aromatic heterocycles. The molecule has 5 heteroatoms. The van der Waals surface area contributed by atoms with E-state index < -0.39 is 10.0 Å². The van der Waals surface area contributed by atoms with E-state index in [1.165, 1.54) is 5.56 Å². The van der Waals surface area contributed by atoms with Crippen LogP contribution in [-0.4, -0.2) is 13.4 Å². The van der Waals surface area contributed by atoms with E-state index in [0.29, 0.717) is 4.90 Å². The third-order valence-electron chi connectivity index (χ3n) is 3.57. The molecule has 1 aromatic carbocycles. The van der Waals surface area contributed by atoms with E-state index in [9.17, 15) is 8.42 Å². The van der Waals surface area contributed by atoms with Crippen LogP contribution in [0.3, 0.4) is 0 Å². The maximum Gasteiger partial charge on any atom is 0.240 e. The van der Waals surface area contributed by atoms with Crippen LogP contribution >= 0.6 is 0 Å². The quantitative estimate of drug-likeness (QED) is 0.936. The molecular weight excluding hydrogens is 272 g/mol. The Hall–Kier alpha value is -1.72. The number of aryl methyl sites for hydroxylation is 2. The largest absolute Gasteiger partial charge is 0.264 e. The molecule has 0 radical (unpaired) electrons. The first kappa shape index (κ1) is 13.3. The van der Waals surface area contributed by atoms with E-state index in [2.05, 4.69) is 9.71 Å². The average molecular weight is 288 g/mol. The van der Waals surface area contributed by atoms with Crippen LogP contribution in [0.15, 0.2) is 47.6 Å². The third kappa shape index (κ3) is 2.73. The van der Waals surface area contributed by atoms with Crippen LogP contribution in [0.5, 0.6) is 0 Å². The Morgan fingerprint density at radius 2 is 2.00 bits per heavy atom. The highest BCUT2D eigenvalue weighted by Crippen LogP contribution is 2.24. The molecule has 104 valence electrons. The van der Waals surface area contributed by atoms with Crippen LogP contribution < -0.4 is 4.72 Å². The van der Waals surface area contributed by atoms with Gasteiger partial charge in [-0.15, -0.1) is 0 Å². The second-order valence-electron chi connectivity index (χ2n) is 4.97. The first-order chi connectivity index (χ1) is 9.65. The van der Waals surface area contributed by atoms with Gasteiger partial charge in [0.2, 0.25) is 10.0 Å². The molecule has 1 aliphatic carbocycles. The monoisotopic (exact) mass is 288 g/mol. The van der Waals surface area contributed by atoms with Crippen LogP contribution in [0.4, 0.5) is 0 Å². The number of hydrogen-bond acceptors (Lipinski definition) is 3. The lowest BCUT2D eigenvalue weighted by Crippen LogP contribution is -2.23. The number of sulfonamides is 1. The van der Waals surface area contributed by atoms with Gasteiger partial charge in [0.25, 0.3) is 0 Å². The number of fused-ring (bicyclic) bond motifs is 1. The molecule has 20 heavy (non-hydrogen) atoms. The minimum Gasteiger partial charge on any atom is -0.264 e. The summed E-state index contributed by atoms with van der Waals surface area (Å²) in [5, 5.41) is 0. The number of nitrogens with zero attached hydrogens (tertiary/aromatic N) is 1. The molecule has 0 aliphatic heterocycles. The molecular formula is C15H16N2O2S. The van der Waals surface area contributed by atoms with Gasteiger partial charge in [-0.3, -0.25) is 4.98 Å². The molecule has 0 spiro atoms. The molecule has 1 N–H and O–H groups in total. The van der Waals surface area contributed by atoms with Crippen LogP contribution in [0.25, 0.3) is 0 Å². The molecule has 0 fully saturated rings. The van der Waals surface area contributed by atoms with E-state index in [4.69, 9.17) is 0 Å². The number of nitrogens with one attached hydrogen (secondary N) is 1. The Balaban J connectivity index is 1.78. The molecule has 0 saturated carbocycles. The Kier molecular flexibility index (Phi) is 3.54. The normalized spacial score (nSPS) is 14.2. The molecule has 0 bridgehead atoms. The van der Waals surface area contributed by atoms with Crippen molar-refractivity contribution in [3.63, 3.8) is 0 Å². The third-order valence-corrected chi connectivity index (χ3v) is 4.97. The first-order valence-electron chi connectivity index (χ1n) is 6.65. The summed E-state index contributed by atoms with van der Waals surface area (Å²) in [6, 6.07) is 9.06. The summed E-state index contributed by atoms with van der Waals surface area (Å²) in [7, 11) is -3.46. The predicted molar refractivity (Wildman–Crippen MR) is 76.7 cm³/mol. The molecule has 1 aliphatic rings. The molecule has 1 heterocycles. The summed E-state index contributed by atoms with van der Waals surface area (Å²) >= 11 is 0. The van der Waals surface area contributed by atoms with Crippen LogP contribution in [0.2, 0.25) is 0 Å². The van der Waals surface area contributed by atoms with Crippen molar-refractivity contribution in [1.82, 2.24) is 9.71 Å². The number of aromatic nitrogens is 1. The highest BCUT2D eigenvalue weighted by atomic mass is 32.2. The van der Waals surface area contributed by atoms with Crippen molar-refractivity contribution in [2.24, 2.45) is 0 Å². The second-order valence-corrected chi connectivity index (χ2v) is 6.74. The van der Waals surface area contributed by atoms with Crippen molar-refractivity contribution < 1.29 is 8.42 Å². The van der Waals surface area contributed by atoms with E-state index in [1.807, 2.05) is 12.1 Å². The number of rotatable bonds is 4. The van der Waals surface area contributed by atoms with Crippen LogP contribution in [-0.2, 0) is 29.4 Å². The van der Waals surface area contributed by atoms with Crippen molar-refractivity contribution in [3.8, 4) is 0 Å². The predicted octanol–water partition coefficient (Wildman–Crippen LogP) is 2.05. The Bertz CT molecular complexity index is 712. The molecule has 4 nitrogen and oxygen atoms in total. The molecule has 0 saturated heterocycles. The SMILES string of the molecule is O=S(=O)(NCc1cccnc1)c1ccc2c(c1)CCC2. The van der Waals surface area contributed by atoms with Crippen LogP contribution in [0.1, 0.15) is 23.1 Å². The average Bonchev–Trinajstić information content (AvgIpc) is 2.94. The zero-order valence-electron chi connectivity index (χ0n) is 11.0. The zero-order valence-corrected chi connectivity index (χ0v) is 11.9. The van der Waals surface area contributed by atoms with Gasteiger partial charge in [0, 0.05) is 18.9 Å². The van der Waals surface area contributed by atoms with Gasteiger partial charge in [0.1, 0.15) is 0 Å². The highest BCUT2D eigenvalue weighted by molar-refractivity contribution is 7.89. The van der Waals surface area contributed by atoms with Gasteiger partial charge in [0.15, 0.2) is 0 Å². The van der Waals surface area contributed by atoms with E-state index in [0.717, 1.165) is 30.4 Å². The minimum absolute atomic E-state index is 0.257. The lowest BCUT2D eigenvalue weighted by Gasteiger charge is -2.08. The van der Waals surface area contributed by atoms with Gasteiger partial charge in [-0.1, -0.05) is 12.1 Å².